The Morgan fingerprint density at radius 2 is 1.96 bits per heavy atom. The number of rotatable bonds is 2. The molecule has 0 fully saturated rings. The summed E-state index contributed by atoms with van der Waals surface area (Å²) in [6, 6.07) is 0. The summed E-state index contributed by atoms with van der Waals surface area (Å²) in [5, 5.41) is 11.1. The molecule has 0 radical (unpaired) electrons. The summed E-state index contributed by atoms with van der Waals surface area (Å²) >= 11 is 0. The lowest BCUT2D eigenvalue weighted by molar-refractivity contribution is -0.133. The number of hydrogen-bond donors (Lipinski definition) is 1. The first kappa shape index (κ1) is 19.6. The molecule has 1 aliphatic heterocycles. The van der Waals surface area contributed by atoms with Crippen molar-refractivity contribution in [3.05, 3.63) is 34.6 Å². The van der Waals surface area contributed by atoms with E-state index in [4.69, 9.17) is 9.16 Å². The van der Waals surface area contributed by atoms with Crippen LogP contribution in [0.5, 0.6) is 0 Å². The van der Waals surface area contributed by atoms with Crippen LogP contribution >= 0.6 is 0 Å². The van der Waals surface area contributed by atoms with Crippen LogP contribution in [-0.4, -0.2) is 31.6 Å². The molecule has 5 heteroatoms. The van der Waals surface area contributed by atoms with Crippen LogP contribution in [0.3, 0.4) is 0 Å². The predicted molar refractivity (Wildman–Crippen MR) is 105 cm³/mol. The predicted octanol–water partition coefficient (Wildman–Crippen LogP) is 4.48. The van der Waals surface area contributed by atoms with E-state index in [0.29, 0.717) is 17.8 Å². The molecule has 3 aliphatic rings. The Morgan fingerprint density at radius 1 is 1.35 bits per heavy atom. The minimum atomic E-state index is -2.01. The van der Waals surface area contributed by atoms with Crippen molar-refractivity contribution < 1.29 is 19.1 Å². The molecule has 0 saturated carbocycles. The van der Waals surface area contributed by atoms with E-state index in [9.17, 15) is 9.90 Å². The van der Waals surface area contributed by atoms with E-state index < -0.39 is 14.4 Å². The fraction of sp³-hybridized carbons (Fsp3) is 0.667. The fourth-order valence-corrected chi connectivity index (χ4v) is 5.12. The Kier molecular flexibility index (Phi) is 4.45. The van der Waals surface area contributed by atoms with Crippen molar-refractivity contribution in [1.82, 2.24) is 0 Å². The van der Waals surface area contributed by atoms with Gasteiger partial charge in [0.15, 0.2) is 8.32 Å². The van der Waals surface area contributed by atoms with Crippen molar-refractivity contribution in [3.63, 3.8) is 0 Å². The van der Waals surface area contributed by atoms with Gasteiger partial charge in [-0.2, -0.15) is 0 Å². The van der Waals surface area contributed by atoms with Crippen LogP contribution in [0.1, 0.15) is 48.0 Å². The molecule has 144 valence electrons. The molecule has 26 heavy (non-hydrogen) atoms. The van der Waals surface area contributed by atoms with Gasteiger partial charge in [-0.3, -0.25) is 0 Å². The fourth-order valence-electron chi connectivity index (χ4n) is 3.88. The number of hydrogen-bond acceptors (Lipinski definition) is 4. The van der Waals surface area contributed by atoms with Crippen molar-refractivity contribution in [3.8, 4) is 0 Å². The molecule has 0 aromatic carbocycles. The van der Waals surface area contributed by atoms with Gasteiger partial charge < -0.3 is 14.3 Å². The molecule has 1 N–H and O–H groups in total. The molecule has 0 unspecified atom stereocenters. The van der Waals surface area contributed by atoms with Gasteiger partial charge >= 0.3 is 5.97 Å². The van der Waals surface area contributed by atoms with Crippen molar-refractivity contribution in [2.75, 3.05) is 0 Å². The van der Waals surface area contributed by atoms with Gasteiger partial charge in [0.1, 0.15) is 5.76 Å². The van der Waals surface area contributed by atoms with Crippen LogP contribution in [0.15, 0.2) is 34.6 Å². The molecule has 3 rings (SSSR count). The number of carbonyl (C=O) groups is 1. The van der Waals surface area contributed by atoms with Crippen LogP contribution in [0.4, 0.5) is 0 Å². The highest BCUT2D eigenvalue weighted by Crippen LogP contribution is 2.54. The smallest absolute Gasteiger partial charge is 0.339 e. The third-order valence-corrected chi connectivity index (χ3v) is 11.7. The lowest BCUT2D eigenvalue weighted by Gasteiger charge is -2.49. The van der Waals surface area contributed by atoms with Gasteiger partial charge in [-0.15, -0.1) is 0 Å². The minimum absolute atomic E-state index is 0.0195. The second kappa shape index (κ2) is 5.91. The van der Waals surface area contributed by atoms with Gasteiger partial charge in [0.2, 0.25) is 0 Å². The standard InChI is InChI=1S/C21H32O4Si/c1-12-15-11-21(6)13(2)18(22)17(25-26(7,8)20(3,4)5)10-14(21)9-16(15)24-19(12)23/h9-10,13,17-18,22H,11H2,1-8H3/t13-,17-,18+,21+/m0/s1. The topological polar surface area (TPSA) is 55.8 Å². The quantitative estimate of drug-likeness (QED) is 0.570. The van der Waals surface area contributed by atoms with E-state index in [1.54, 1.807) is 0 Å². The van der Waals surface area contributed by atoms with Gasteiger partial charge in [0, 0.05) is 16.6 Å². The number of carbonyl (C=O) groups excluding carboxylic acids is 1. The summed E-state index contributed by atoms with van der Waals surface area (Å²) in [5.74, 6) is 0.438. The summed E-state index contributed by atoms with van der Waals surface area (Å²) in [5.41, 5.74) is 2.57. The van der Waals surface area contributed by atoms with E-state index in [1.165, 1.54) is 0 Å². The molecule has 0 aromatic rings. The first-order valence-corrected chi connectivity index (χ1v) is 12.4. The second-order valence-electron chi connectivity index (χ2n) is 9.84. The third-order valence-electron chi connectivity index (χ3n) is 7.18. The molecular weight excluding hydrogens is 344 g/mol. The first-order valence-electron chi connectivity index (χ1n) is 9.50. The molecular formula is C21H32O4Si. The highest BCUT2D eigenvalue weighted by molar-refractivity contribution is 6.74. The zero-order valence-corrected chi connectivity index (χ0v) is 18.3. The van der Waals surface area contributed by atoms with E-state index >= 15 is 0 Å². The van der Waals surface area contributed by atoms with Crippen LogP contribution in [-0.2, 0) is 14.0 Å². The second-order valence-corrected chi connectivity index (χ2v) is 14.6. The molecule has 0 spiro atoms. The number of ether oxygens (including phenoxy) is 1. The van der Waals surface area contributed by atoms with E-state index in [0.717, 1.165) is 11.1 Å². The number of allylic oxidation sites excluding steroid dienone is 3. The summed E-state index contributed by atoms with van der Waals surface area (Å²) < 4.78 is 12.0. The Hall–Kier alpha value is -1.17. The lowest BCUT2D eigenvalue weighted by atomic mass is 9.60. The van der Waals surface area contributed by atoms with E-state index in [1.807, 2.05) is 13.0 Å². The van der Waals surface area contributed by atoms with Gasteiger partial charge in [0.05, 0.1) is 12.2 Å². The molecule has 2 aliphatic carbocycles. The van der Waals surface area contributed by atoms with Gasteiger partial charge in [0.25, 0.3) is 0 Å². The lowest BCUT2D eigenvalue weighted by Crippen LogP contribution is -2.53. The van der Waals surface area contributed by atoms with Crippen LogP contribution in [0.25, 0.3) is 0 Å². The monoisotopic (exact) mass is 376 g/mol. The van der Waals surface area contributed by atoms with Crippen molar-refractivity contribution in [1.29, 1.82) is 0 Å². The molecule has 1 heterocycles. The zero-order valence-electron chi connectivity index (χ0n) is 17.3. The summed E-state index contributed by atoms with van der Waals surface area (Å²) in [6.07, 6.45) is 3.88. The highest BCUT2D eigenvalue weighted by atomic mass is 28.4. The Balaban J connectivity index is 2.02. The van der Waals surface area contributed by atoms with Gasteiger partial charge in [-0.25, -0.2) is 4.79 Å². The molecule has 0 bridgehead atoms. The van der Waals surface area contributed by atoms with Crippen molar-refractivity contribution in [2.45, 2.75) is 78.3 Å². The SMILES string of the molecule is CC1=C2C[C@@]3(C)C(=C[C@H](O[Si](C)(C)C(C)(C)C)[C@H](O)[C@@H]3C)C=C2OC1=O. The molecule has 4 nitrogen and oxygen atoms in total. The van der Waals surface area contributed by atoms with Crippen LogP contribution < -0.4 is 0 Å². The highest BCUT2D eigenvalue weighted by Gasteiger charge is 2.51. The number of esters is 1. The first-order chi connectivity index (χ1) is 11.8. The summed E-state index contributed by atoms with van der Waals surface area (Å²) in [6.45, 7) is 17.1. The molecule has 0 saturated heterocycles. The molecule has 4 atom stereocenters. The number of aliphatic hydroxyl groups is 1. The Morgan fingerprint density at radius 3 is 2.54 bits per heavy atom. The van der Waals surface area contributed by atoms with Crippen molar-refractivity contribution in [2.24, 2.45) is 11.3 Å². The number of fused-ring (bicyclic) bond motifs is 2. The van der Waals surface area contributed by atoms with Crippen molar-refractivity contribution >= 4 is 14.3 Å². The average molecular weight is 377 g/mol. The summed E-state index contributed by atoms with van der Waals surface area (Å²) in [4.78, 5) is 11.9. The Labute approximate surface area is 158 Å². The average Bonchev–Trinajstić information content (AvgIpc) is 2.77. The van der Waals surface area contributed by atoms with E-state index in [2.05, 4.69) is 53.8 Å². The van der Waals surface area contributed by atoms with Crippen LogP contribution in [0, 0.1) is 11.3 Å². The maximum atomic E-state index is 11.9. The molecule has 0 amide bonds. The normalized spacial score (nSPS) is 34.8. The largest absolute Gasteiger partial charge is 0.423 e. The number of aliphatic hydroxyl groups excluding tert-OH is 1. The third kappa shape index (κ3) is 2.84. The Bertz CT molecular complexity index is 738. The summed E-state index contributed by atoms with van der Waals surface area (Å²) in [7, 11) is -2.01. The van der Waals surface area contributed by atoms with Gasteiger partial charge in [-0.05, 0) is 49.0 Å². The minimum Gasteiger partial charge on any atom is -0.423 e. The maximum Gasteiger partial charge on any atom is 0.339 e. The van der Waals surface area contributed by atoms with Crippen LogP contribution in [0.2, 0.25) is 18.1 Å². The van der Waals surface area contributed by atoms with E-state index in [-0.39, 0.29) is 28.4 Å². The maximum absolute atomic E-state index is 11.9. The van der Waals surface area contributed by atoms with Gasteiger partial charge in [-0.1, -0.05) is 40.7 Å². The molecule has 0 aromatic heterocycles. The zero-order chi connectivity index (χ0) is 19.7.